The van der Waals surface area contributed by atoms with Gasteiger partial charge in [0, 0.05) is 30.8 Å². The number of fused-ring (bicyclic) bond motifs is 3. The molecule has 2 aromatic carbocycles. The van der Waals surface area contributed by atoms with Crippen LogP contribution < -0.4 is 14.2 Å². The maximum atomic E-state index is 14.0. The van der Waals surface area contributed by atoms with E-state index in [1.807, 2.05) is 4.90 Å². The van der Waals surface area contributed by atoms with Gasteiger partial charge in [-0.05, 0) is 48.4 Å². The van der Waals surface area contributed by atoms with Crippen molar-refractivity contribution < 1.29 is 41.7 Å². The fourth-order valence-electron chi connectivity index (χ4n) is 4.42. The number of rotatable bonds is 7. The van der Waals surface area contributed by atoms with E-state index in [4.69, 9.17) is 13.9 Å². The molecule has 0 radical (unpaired) electrons. The summed E-state index contributed by atoms with van der Waals surface area (Å²) in [5.74, 6) is -0.368. The van der Waals surface area contributed by atoms with Crippen LogP contribution in [0.3, 0.4) is 0 Å². The molecule has 1 saturated heterocycles. The van der Waals surface area contributed by atoms with Gasteiger partial charge in [-0.15, -0.1) is 0 Å². The van der Waals surface area contributed by atoms with E-state index in [0.717, 1.165) is 18.2 Å². The van der Waals surface area contributed by atoms with E-state index >= 15 is 0 Å². The lowest BCUT2D eigenvalue weighted by molar-refractivity contribution is 0.141. The van der Waals surface area contributed by atoms with E-state index < -0.39 is 28.1 Å². The van der Waals surface area contributed by atoms with Crippen molar-refractivity contribution in [1.82, 2.24) is 4.90 Å². The van der Waals surface area contributed by atoms with Gasteiger partial charge >= 0.3 is 6.16 Å². The molecule has 12 heteroatoms. The molecule has 0 spiro atoms. The molecule has 0 unspecified atom stereocenters. The zero-order valence-electron chi connectivity index (χ0n) is 19.4. The molecule has 2 aliphatic rings. The SMILES string of the molecule is O=C(O)Oc1c(NS(=O)(=O)c2ccc(F)cc2/C=C\CN2CC[C@H](O)C2)ccc2c1OCc1occc1-2. The number of aliphatic hydroxyl groups excluding tert-OH is 1. The lowest BCUT2D eigenvalue weighted by atomic mass is 10.0. The van der Waals surface area contributed by atoms with Crippen LogP contribution in [0.5, 0.6) is 11.5 Å². The average molecular weight is 531 g/mol. The summed E-state index contributed by atoms with van der Waals surface area (Å²) < 4.78 is 59.1. The van der Waals surface area contributed by atoms with E-state index in [1.54, 1.807) is 18.2 Å². The molecule has 1 atom stereocenters. The first-order chi connectivity index (χ1) is 17.7. The van der Waals surface area contributed by atoms with Crippen molar-refractivity contribution in [3.63, 3.8) is 0 Å². The van der Waals surface area contributed by atoms with Gasteiger partial charge in [-0.3, -0.25) is 9.62 Å². The summed E-state index contributed by atoms with van der Waals surface area (Å²) in [6, 6.07) is 7.85. The van der Waals surface area contributed by atoms with Crippen molar-refractivity contribution in [2.45, 2.75) is 24.0 Å². The third-order valence-electron chi connectivity index (χ3n) is 6.10. The van der Waals surface area contributed by atoms with Crippen LogP contribution in [0.2, 0.25) is 0 Å². The molecule has 0 bridgehead atoms. The molecular formula is C25H23FN2O8S. The number of hydrogen-bond acceptors (Lipinski definition) is 8. The van der Waals surface area contributed by atoms with E-state index in [0.29, 0.717) is 42.9 Å². The highest BCUT2D eigenvalue weighted by molar-refractivity contribution is 7.92. The number of likely N-dealkylation sites (tertiary alicyclic amines) is 1. The molecule has 3 aromatic rings. The summed E-state index contributed by atoms with van der Waals surface area (Å²) >= 11 is 0. The highest BCUT2D eigenvalue weighted by Crippen LogP contribution is 2.48. The number of nitrogens with zero attached hydrogens (tertiary/aromatic N) is 1. The maximum absolute atomic E-state index is 14.0. The van der Waals surface area contributed by atoms with Gasteiger partial charge in [-0.1, -0.05) is 12.2 Å². The van der Waals surface area contributed by atoms with E-state index in [2.05, 4.69) is 4.72 Å². The minimum absolute atomic E-state index is 0.00245. The first-order valence-electron chi connectivity index (χ1n) is 11.4. The molecule has 1 fully saturated rings. The number of aliphatic hydroxyl groups is 1. The summed E-state index contributed by atoms with van der Waals surface area (Å²) in [5.41, 5.74) is 1.08. The van der Waals surface area contributed by atoms with Crippen LogP contribution in [0.4, 0.5) is 14.9 Å². The molecule has 10 nitrogen and oxygen atoms in total. The number of nitrogens with one attached hydrogen (secondary N) is 1. The normalized spacial score (nSPS) is 17.3. The molecule has 0 amide bonds. The van der Waals surface area contributed by atoms with Crippen LogP contribution >= 0.6 is 0 Å². The minimum atomic E-state index is -4.32. The van der Waals surface area contributed by atoms with Gasteiger partial charge in [-0.2, -0.15) is 0 Å². The van der Waals surface area contributed by atoms with Gasteiger partial charge in [0.1, 0.15) is 18.2 Å². The van der Waals surface area contributed by atoms with Crippen LogP contribution in [0.15, 0.2) is 58.1 Å². The predicted octanol–water partition coefficient (Wildman–Crippen LogP) is 3.92. The number of anilines is 1. The second-order valence-electron chi connectivity index (χ2n) is 8.63. The Hall–Kier alpha value is -3.87. The fourth-order valence-corrected chi connectivity index (χ4v) is 5.66. The second kappa shape index (κ2) is 9.88. The van der Waals surface area contributed by atoms with Gasteiger partial charge in [0.2, 0.25) is 5.75 Å². The Balaban J connectivity index is 1.47. The Kier molecular flexibility index (Phi) is 6.63. The van der Waals surface area contributed by atoms with Crippen molar-refractivity contribution in [3.8, 4) is 22.6 Å². The first-order valence-corrected chi connectivity index (χ1v) is 12.9. The monoisotopic (exact) mass is 530 g/mol. The number of halogens is 1. The molecule has 3 N–H and O–H groups in total. The number of ether oxygens (including phenoxy) is 2. The quantitative estimate of drug-likeness (QED) is 0.306. The van der Waals surface area contributed by atoms with E-state index in [-0.39, 0.29) is 34.3 Å². The number of β-amino-alcohol motifs (C(OH)–C–C–N with tert-alkyl or cyclic N) is 1. The van der Waals surface area contributed by atoms with Gasteiger partial charge in [0.05, 0.1) is 22.9 Å². The smallest absolute Gasteiger partial charge is 0.481 e. The molecule has 194 valence electrons. The first kappa shape index (κ1) is 24.8. The van der Waals surface area contributed by atoms with Crippen LogP contribution in [0.1, 0.15) is 17.7 Å². The highest BCUT2D eigenvalue weighted by atomic mass is 32.2. The largest absolute Gasteiger partial charge is 0.511 e. The molecule has 5 rings (SSSR count). The van der Waals surface area contributed by atoms with Crippen LogP contribution in [0, 0.1) is 5.82 Å². The summed E-state index contributed by atoms with van der Waals surface area (Å²) in [6.07, 6.45) is 3.25. The molecule has 1 aromatic heterocycles. The summed E-state index contributed by atoms with van der Waals surface area (Å²) in [4.78, 5) is 13.2. The lowest BCUT2D eigenvalue weighted by Crippen LogP contribution is -2.21. The Morgan fingerprint density at radius 2 is 2.08 bits per heavy atom. The zero-order valence-corrected chi connectivity index (χ0v) is 20.2. The summed E-state index contributed by atoms with van der Waals surface area (Å²) in [5, 5.41) is 19.0. The Morgan fingerprint density at radius 3 is 2.84 bits per heavy atom. The Bertz CT molecular complexity index is 1480. The van der Waals surface area contributed by atoms with E-state index in [1.165, 1.54) is 18.4 Å². The second-order valence-corrected chi connectivity index (χ2v) is 10.3. The van der Waals surface area contributed by atoms with Gasteiger partial charge < -0.3 is 24.1 Å². The van der Waals surface area contributed by atoms with Crippen LogP contribution in [0.25, 0.3) is 17.2 Å². The number of carbonyl (C=O) groups is 1. The van der Waals surface area contributed by atoms with Gasteiger partial charge in [0.15, 0.2) is 5.75 Å². The molecule has 3 heterocycles. The number of furan rings is 1. The van der Waals surface area contributed by atoms with Crippen molar-refractivity contribution in [3.05, 3.63) is 65.9 Å². The fraction of sp³-hybridized carbons (Fsp3) is 0.240. The topological polar surface area (TPSA) is 139 Å². The summed E-state index contributed by atoms with van der Waals surface area (Å²) in [6.45, 7) is 1.67. The van der Waals surface area contributed by atoms with Crippen LogP contribution in [-0.4, -0.2) is 55.4 Å². The number of benzene rings is 2. The molecule has 2 aliphatic heterocycles. The van der Waals surface area contributed by atoms with Gasteiger partial charge in [0.25, 0.3) is 10.0 Å². The lowest BCUT2D eigenvalue weighted by Gasteiger charge is -2.21. The van der Waals surface area contributed by atoms with Crippen molar-refractivity contribution in [2.75, 3.05) is 24.4 Å². The number of hydrogen-bond donors (Lipinski definition) is 3. The third kappa shape index (κ3) is 5.17. The number of sulfonamides is 1. The predicted molar refractivity (Wildman–Crippen MR) is 130 cm³/mol. The van der Waals surface area contributed by atoms with E-state index in [9.17, 15) is 27.8 Å². The van der Waals surface area contributed by atoms with Crippen molar-refractivity contribution >= 4 is 27.9 Å². The molecule has 37 heavy (non-hydrogen) atoms. The van der Waals surface area contributed by atoms with Crippen LogP contribution in [-0.2, 0) is 16.6 Å². The van der Waals surface area contributed by atoms with Crippen molar-refractivity contribution in [1.29, 1.82) is 0 Å². The molecule has 0 aliphatic carbocycles. The molecular weight excluding hydrogens is 507 g/mol. The Morgan fingerprint density at radius 1 is 1.24 bits per heavy atom. The van der Waals surface area contributed by atoms with Crippen molar-refractivity contribution in [2.24, 2.45) is 0 Å². The standard InChI is InChI=1S/C25H23FN2O8S/c26-16-3-6-22(15(12-16)2-1-9-28-10-7-17(29)13-28)37(32,33)27-20-5-4-19-18-8-11-34-21(18)14-35-23(19)24(20)36-25(30)31/h1-6,8,11-12,17,27,29H,7,9-10,13-14H2,(H,30,31)/b2-1-/t17-/m0/s1. The zero-order chi connectivity index (χ0) is 26.2. The highest BCUT2D eigenvalue weighted by Gasteiger charge is 2.29. The number of carboxylic acid groups (broad SMARTS) is 1. The average Bonchev–Trinajstić information content (AvgIpc) is 3.49. The summed E-state index contributed by atoms with van der Waals surface area (Å²) in [7, 11) is -4.32. The Labute approximate surface area is 211 Å². The molecule has 0 saturated carbocycles. The third-order valence-corrected chi connectivity index (χ3v) is 7.54. The minimum Gasteiger partial charge on any atom is -0.481 e. The maximum Gasteiger partial charge on any atom is 0.511 e. The van der Waals surface area contributed by atoms with Gasteiger partial charge in [-0.25, -0.2) is 17.6 Å².